The van der Waals surface area contributed by atoms with Gasteiger partial charge in [-0.05, 0) is 18.2 Å². The van der Waals surface area contributed by atoms with Crippen molar-refractivity contribution >= 4 is 26.8 Å². The number of aliphatic hydroxyl groups is 2. The van der Waals surface area contributed by atoms with Crippen LogP contribution in [0.4, 0.5) is 0 Å². The molecule has 0 bridgehead atoms. The van der Waals surface area contributed by atoms with Crippen molar-refractivity contribution in [2.24, 2.45) is 0 Å². The van der Waals surface area contributed by atoms with Gasteiger partial charge in [-0.3, -0.25) is 0 Å². The van der Waals surface area contributed by atoms with Crippen LogP contribution in [0.2, 0.25) is 0 Å². The fourth-order valence-electron chi connectivity index (χ4n) is 1.28. The molecule has 1 aromatic carbocycles. The summed E-state index contributed by atoms with van der Waals surface area (Å²) in [5, 5.41) is 18.8. The van der Waals surface area contributed by atoms with E-state index in [4.69, 9.17) is 10.2 Å². The van der Waals surface area contributed by atoms with Gasteiger partial charge in [0.25, 0.3) is 0 Å². The van der Waals surface area contributed by atoms with Crippen LogP contribution in [-0.2, 0) is 0 Å². The number of fused-ring (bicyclic) bond motifs is 1. The normalized spacial score (nSPS) is 11.4. The molecule has 3 N–H and O–H groups in total. The molecule has 0 radical (unpaired) electrons. The zero-order valence-corrected chi connectivity index (χ0v) is 8.25. The molecular weight excluding hydrogens is 234 g/mol. The summed E-state index contributed by atoms with van der Waals surface area (Å²) in [7, 11) is 0. The van der Waals surface area contributed by atoms with E-state index in [1.54, 1.807) is 6.07 Å². The van der Waals surface area contributed by atoms with Gasteiger partial charge in [0, 0.05) is 15.4 Å². The molecule has 0 aliphatic heterocycles. The fraction of sp³-hybridized carbons (Fsp3) is 0.111. The third-order valence-electron chi connectivity index (χ3n) is 1.91. The van der Waals surface area contributed by atoms with Crippen LogP contribution in [0.15, 0.2) is 28.7 Å². The highest BCUT2D eigenvalue weighted by Crippen LogP contribution is 2.25. The maximum Gasteiger partial charge on any atom is 0.193 e. The van der Waals surface area contributed by atoms with Crippen molar-refractivity contribution in [3.05, 3.63) is 34.4 Å². The van der Waals surface area contributed by atoms with Crippen LogP contribution in [-0.4, -0.2) is 15.2 Å². The molecule has 0 saturated carbocycles. The van der Waals surface area contributed by atoms with Gasteiger partial charge in [0.05, 0.1) is 5.69 Å². The van der Waals surface area contributed by atoms with Crippen molar-refractivity contribution in [1.82, 2.24) is 4.98 Å². The smallest absolute Gasteiger partial charge is 0.193 e. The predicted molar refractivity (Wildman–Crippen MR) is 53.2 cm³/mol. The number of rotatable bonds is 1. The van der Waals surface area contributed by atoms with Gasteiger partial charge < -0.3 is 15.2 Å². The van der Waals surface area contributed by atoms with Gasteiger partial charge in [-0.15, -0.1) is 0 Å². The summed E-state index contributed by atoms with van der Waals surface area (Å²) in [4.78, 5) is 2.91. The number of halogens is 1. The summed E-state index contributed by atoms with van der Waals surface area (Å²) < 4.78 is 0.938. The Kier molecular flexibility index (Phi) is 2.11. The van der Waals surface area contributed by atoms with E-state index in [-0.39, 0.29) is 0 Å². The maximum absolute atomic E-state index is 8.92. The van der Waals surface area contributed by atoms with Crippen molar-refractivity contribution in [3.63, 3.8) is 0 Å². The molecule has 0 atom stereocenters. The van der Waals surface area contributed by atoms with Gasteiger partial charge in [0.15, 0.2) is 6.29 Å². The van der Waals surface area contributed by atoms with E-state index >= 15 is 0 Å². The molecule has 2 rings (SSSR count). The average Bonchev–Trinajstić information content (AvgIpc) is 2.49. The van der Waals surface area contributed by atoms with Crippen LogP contribution in [0.3, 0.4) is 0 Å². The number of H-pyrrole nitrogens is 1. The summed E-state index contributed by atoms with van der Waals surface area (Å²) in [6.45, 7) is 0. The summed E-state index contributed by atoms with van der Waals surface area (Å²) in [5.41, 5.74) is 1.29. The number of aliphatic hydroxyl groups excluding tert-OH is 1. The highest BCUT2D eigenvalue weighted by molar-refractivity contribution is 9.10. The maximum atomic E-state index is 8.92. The molecule has 0 fully saturated rings. The van der Waals surface area contributed by atoms with Crippen LogP contribution in [0, 0.1) is 0 Å². The number of nitrogens with one attached hydrogen (secondary N) is 1. The van der Waals surface area contributed by atoms with Crippen molar-refractivity contribution in [2.75, 3.05) is 0 Å². The molecule has 3 nitrogen and oxygen atoms in total. The van der Waals surface area contributed by atoms with Crippen LogP contribution in [0.1, 0.15) is 12.0 Å². The lowest BCUT2D eigenvalue weighted by Gasteiger charge is -1.96. The minimum atomic E-state index is -1.45. The van der Waals surface area contributed by atoms with Crippen LogP contribution in [0.5, 0.6) is 0 Å². The molecule has 2 aromatic rings. The minimum absolute atomic E-state index is 0.405. The minimum Gasteiger partial charge on any atom is -0.363 e. The van der Waals surface area contributed by atoms with Gasteiger partial charge in [-0.1, -0.05) is 22.0 Å². The summed E-state index contributed by atoms with van der Waals surface area (Å²) >= 11 is 3.38. The average molecular weight is 242 g/mol. The van der Waals surface area contributed by atoms with E-state index < -0.39 is 6.29 Å². The van der Waals surface area contributed by atoms with Gasteiger partial charge >= 0.3 is 0 Å². The first-order valence-corrected chi connectivity index (χ1v) is 4.61. The monoisotopic (exact) mass is 241 g/mol. The zero-order valence-electron chi connectivity index (χ0n) is 6.66. The number of benzene rings is 1. The van der Waals surface area contributed by atoms with E-state index in [1.807, 2.05) is 18.2 Å². The van der Waals surface area contributed by atoms with E-state index in [1.165, 1.54) is 0 Å². The van der Waals surface area contributed by atoms with E-state index in [0.29, 0.717) is 5.69 Å². The second-order valence-corrected chi connectivity index (χ2v) is 3.65. The Morgan fingerprint density at radius 2 is 2.08 bits per heavy atom. The standard InChI is InChI=1S/C9H8BrNO2/c10-6-2-1-3-7-5(6)4-8(11-7)9(12)13/h1-4,9,11-13H. The van der Waals surface area contributed by atoms with E-state index in [0.717, 1.165) is 15.4 Å². The highest BCUT2D eigenvalue weighted by atomic mass is 79.9. The lowest BCUT2D eigenvalue weighted by Crippen LogP contribution is -1.93. The molecule has 4 heteroatoms. The Morgan fingerprint density at radius 1 is 1.31 bits per heavy atom. The molecule has 0 aliphatic rings. The van der Waals surface area contributed by atoms with Gasteiger partial charge in [0.2, 0.25) is 0 Å². The molecule has 1 aromatic heterocycles. The molecule has 13 heavy (non-hydrogen) atoms. The van der Waals surface area contributed by atoms with Crippen molar-refractivity contribution < 1.29 is 10.2 Å². The predicted octanol–water partition coefficient (Wildman–Crippen LogP) is 1.91. The van der Waals surface area contributed by atoms with Gasteiger partial charge in [-0.2, -0.15) is 0 Å². The number of aromatic amines is 1. The molecule has 0 amide bonds. The van der Waals surface area contributed by atoms with Gasteiger partial charge in [0.1, 0.15) is 0 Å². The Labute approximate surface area is 83.1 Å². The fourth-order valence-corrected chi connectivity index (χ4v) is 1.76. The summed E-state index contributed by atoms with van der Waals surface area (Å²) in [6.07, 6.45) is -1.45. The Hall–Kier alpha value is -0.840. The molecule has 0 aliphatic carbocycles. The molecule has 0 unspecified atom stereocenters. The number of aromatic nitrogens is 1. The van der Waals surface area contributed by atoms with Crippen LogP contribution in [0.25, 0.3) is 10.9 Å². The lowest BCUT2D eigenvalue weighted by atomic mass is 10.2. The molecule has 0 saturated heterocycles. The second kappa shape index (κ2) is 3.14. The SMILES string of the molecule is OC(O)c1cc2c(Br)cccc2[nH]1. The summed E-state index contributed by atoms with van der Waals surface area (Å²) in [6, 6.07) is 7.39. The Balaban J connectivity index is 2.68. The quantitative estimate of drug-likeness (QED) is 0.669. The molecule has 1 heterocycles. The van der Waals surface area contributed by atoms with E-state index in [2.05, 4.69) is 20.9 Å². The first-order valence-electron chi connectivity index (χ1n) is 3.82. The third-order valence-corrected chi connectivity index (χ3v) is 2.60. The molecule has 68 valence electrons. The summed E-state index contributed by atoms with van der Waals surface area (Å²) in [5.74, 6) is 0. The number of hydrogen-bond acceptors (Lipinski definition) is 2. The van der Waals surface area contributed by atoms with Crippen molar-refractivity contribution in [3.8, 4) is 0 Å². The van der Waals surface area contributed by atoms with Crippen LogP contribution >= 0.6 is 15.9 Å². The second-order valence-electron chi connectivity index (χ2n) is 2.80. The van der Waals surface area contributed by atoms with Crippen LogP contribution < -0.4 is 0 Å². The molecule has 0 spiro atoms. The topological polar surface area (TPSA) is 56.2 Å². The largest absolute Gasteiger partial charge is 0.363 e. The zero-order chi connectivity index (χ0) is 9.42. The third kappa shape index (κ3) is 1.48. The number of hydrogen-bond donors (Lipinski definition) is 3. The Morgan fingerprint density at radius 3 is 2.69 bits per heavy atom. The first kappa shape index (κ1) is 8.74. The van der Waals surface area contributed by atoms with Crippen molar-refractivity contribution in [1.29, 1.82) is 0 Å². The Bertz CT molecular complexity index is 436. The lowest BCUT2D eigenvalue weighted by molar-refractivity contribution is -0.0453. The van der Waals surface area contributed by atoms with Gasteiger partial charge in [-0.25, -0.2) is 0 Å². The first-order chi connectivity index (χ1) is 6.18. The van der Waals surface area contributed by atoms with Crippen molar-refractivity contribution in [2.45, 2.75) is 6.29 Å². The van der Waals surface area contributed by atoms with E-state index in [9.17, 15) is 0 Å². The highest BCUT2D eigenvalue weighted by Gasteiger charge is 2.07. The molecular formula is C9H8BrNO2.